The maximum absolute atomic E-state index is 14.1. The molecule has 3 N–H and O–H groups in total. The Bertz CT molecular complexity index is 754. The lowest BCUT2D eigenvalue weighted by Crippen LogP contribution is -2.59. The van der Waals surface area contributed by atoms with E-state index in [2.05, 4.69) is 28.9 Å². The summed E-state index contributed by atoms with van der Waals surface area (Å²) in [6, 6.07) is 5.33. The van der Waals surface area contributed by atoms with Gasteiger partial charge in [0.1, 0.15) is 11.9 Å². The Kier molecular flexibility index (Phi) is 4.81. The largest absolute Gasteiger partial charge is 0.373 e. The molecule has 0 radical (unpaired) electrons. The molecule has 1 aromatic carbocycles. The summed E-state index contributed by atoms with van der Waals surface area (Å²) in [7, 11) is 0. The van der Waals surface area contributed by atoms with Crippen LogP contribution in [0.5, 0.6) is 0 Å². The Morgan fingerprint density at radius 3 is 2.81 bits per heavy atom. The normalized spacial score (nSPS) is 30.7. The second-order valence-corrected chi connectivity index (χ2v) is 8.35. The van der Waals surface area contributed by atoms with Gasteiger partial charge in [0.15, 0.2) is 0 Å². The molecule has 1 saturated carbocycles. The third kappa shape index (κ3) is 3.41. The predicted molar refractivity (Wildman–Crippen MR) is 102 cm³/mol. The summed E-state index contributed by atoms with van der Waals surface area (Å²) in [4.78, 5) is 13.0. The lowest BCUT2D eigenvalue weighted by Gasteiger charge is -2.39. The number of rotatable bonds is 4. The fourth-order valence-corrected chi connectivity index (χ4v) is 4.69. The fraction of sp³-hybridized carbons (Fsp3) is 0.619. The Morgan fingerprint density at radius 1 is 1.37 bits per heavy atom. The number of benzene rings is 1. The van der Waals surface area contributed by atoms with E-state index in [1.54, 1.807) is 6.07 Å². The molecule has 2 aliphatic heterocycles. The quantitative estimate of drug-likeness (QED) is 0.761. The fourth-order valence-electron chi connectivity index (χ4n) is 4.69. The van der Waals surface area contributed by atoms with Gasteiger partial charge in [-0.2, -0.15) is 5.26 Å². The smallest absolute Gasteiger partial charge is 0.243 e. The van der Waals surface area contributed by atoms with Gasteiger partial charge in [0.05, 0.1) is 12.0 Å². The van der Waals surface area contributed by atoms with Crippen LogP contribution < -0.4 is 16.0 Å². The van der Waals surface area contributed by atoms with Crippen molar-refractivity contribution in [1.29, 1.82) is 5.26 Å². The first-order chi connectivity index (χ1) is 13.0. The van der Waals surface area contributed by atoms with Crippen molar-refractivity contribution in [3.05, 3.63) is 29.1 Å². The Morgan fingerprint density at radius 2 is 2.15 bits per heavy atom. The van der Waals surface area contributed by atoms with Gasteiger partial charge in [0.25, 0.3) is 0 Å². The third-order valence-electron chi connectivity index (χ3n) is 6.54. The molecule has 5 nitrogen and oxygen atoms in total. The average molecular weight is 370 g/mol. The van der Waals surface area contributed by atoms with E-state index in [9.17, 15) is 14.4 Å². The lowest BCUT2D eigenvalue weighted by molar-refractivity contribution is -0.123. The Balaban J connectivity index is 1.47. The minimum Gasteiger partial charge on any atom is -0.373 e. The number of amides is 1. The van der Waals surface area contributed by atoms with Crippen LogP contribution in [0.2, 0.25) is 0 Å². The van der Waals surface area contributed by atoms with Crippen molar-refractivity contribution >= 4 is 11.6 Å². The molecule has 1 aromatic rings. The Labute approximate surface area is 159 Å². The summed E-state index contributed by atoms with van der Waals surface area (Å²) in [5.74, 6) is 0.364. The van der Waals surface area contributed by atoms with E-state index >= 15 is 0 Å². The number of carbonyl (C=O) groups excluding carboxylic acids is 1. The van der Waals surface area contributed by atoms with Gasteiger partial charge in [-0.25, -0.2) is 4.39 Å². The van der Waals surface area contributed by atoms with Crippen LogP contribution in [0.3, 0.4) is 0 Å². The average Bonchev–Trinajstić information content (AvgIpc) is 3.40. The second-order valence-electron chi connectivity index (χ2n) is 8.35. The van der Waals surface area contributed by atoms with Gasteiger partial charge in [0.2, 0.25) is 5.91 Å². The summed E-state index contributed by atoms with van der Waals surface area (Å²) in [6.45, 7) is 4.84. The van der Waals surface area contributed by atoms with E-state index in [1.165, 1.54) is 6.07 Å². The molecule has 0 aromatic heterocycles. The predicted octanol–water partition coefficient (Wildman–Crippen LogP) is 2.50. The van der Waals surface area contributed by atoms with Crippen LogP contribution in [-0.2, 0) is 11.2 Å². The van der Waals surface area contributed by atoms with Gasteiger partial charge in [0, 0.05) is 29.8 Å². The maximum Gasteiger partial charge on any atom is 0.243 e. The molecule has 1 amide bonds. The lowest BCUT2D eigenvalue weighted by atomic mass is 9.78. The van der Waals surface area contributed by atoms with Gasteiger partial charge < -0.3 is 16.0 Å². The van der Waals surface area contributed by atoms with E-state index in [4.69, 9.17) is 0 Å². The van der Waals surface area contributed by atoms with Crippen molar-refractivity contribution in [2.24, 2.45) is 17.8 Å². The van der Waals surface area contributed by atoms with Gasteiger partial charge in [-0.05, 0) is 56.2 Å². The van der Waals surface area contributed by atoms with Crippen molar-refractivity contribution < 1.29 is 9.18 Å². The van der Waals surface area contributed by atoms with Gasteiger partial charge in [-0.1, -0.05) is 13.0 Å². The minimum atomic E-state index is -0.442. The molecule has 4 rings (SSSR count). The van der Waals surface area contributed by atoms with Crippen molar-refractivity contribution in [1.82, 2.24) is 10.6 Å². The first-order valence-electron chi connectivity index (χ1n) is 9.97. The molecular formula is C21H27FN4O. The SMILES string of the molecule is Cc1ccc(F)c2c1NC(C(=O)NC(C1CC1)C1NCCC(C#N)C1C)C2. The highest BCUT2D eigenvalue weighted by molar-refractivity contribution is 5.88. The van der Waals surface area contributed by atoms with E-state index in [0.29, 0.717) is 17.9 Å². The van der Waals surface area contributed by atoms with Gasteiger partial charge >= 0.3 is 0 Å². The molecule has 5 atom stereocenters. The number of carbonyl (C=O) groups is 1. The number of aryl methyl sites for hydroxylation is 1. The molecule has 0 bridgehead atoms. The Hall–Kier alpha value is -2.13. The van der Waals surface area contributed by atoms with Crippen LogP contribution in [0.1, 0.15) is 37.3 Å². The molecular weight excluding hydrogens is 343 g/mol. The minimum absolute atomic E-state index is 0.0278. The molecule has 144 valence electrons. The van der Waals surface area contributed by atoms with Crippen molar-refractivity contribution in [2.75, 3.05) is 11.9 Å². The van der Waals surface area contributed by atoms with Crippen molar-refractivity contribution in [2.45, 2.75) is 57.7 Å². The zero-order valence-corrected chi connectivity index (χ0v) is 15.9. The summed E-state index contributed by atoms with van der Waals surface area (Å²) in [5, 5.41) is 19.4. The van der Waals surface area contributed by atoms with Gasteiger partial charge in [-0.15, -0.1) is 0 Å². The number of hydrogen-bond donors (Lipinski definition) is 3. The topological polar surface area (TPSA) is 77.0 Å². The van der Waals surface area contributed by atoms with Crippen molar-refractivity contribution in [3.63, 3.8) is 0 Å². The molecule has 6 heteroatoms. The monoisotopic (exact) mass is 370 g/mol. The molecule has 2 heterocycles. The maximum atomic E-state index is 14.1. The van der Waals surface area contributed by atoms with Crippen LogP contribution in [0, 0.1) is 41.8 Å². The number of halogens is 1. The summed E-state index contributed by atoms with van der Waals surface area (Å²) in [5.41, 5.74) is 2.32. The van der Waals surface area contributed by atoms with Crippen LogP contribution in [-0.4, -0.2) is 30.6 Å². The van der Waals surface area contributed by atoms with E-state index in [-0.39, 0.29) is 35.6 Å². The molecule has 5 unspecified atom stereocenters. The second kappa shape index (κ2) is 7.12. The van der Waals surface area contributed by atoms with E-state index < -0.39 is 6.04 Å². The number of nitriles is 1. The van der Waals surface area contributed by atoms with Crippen LogP contribution in [0.4, 0.5) is 10.1 Å². The third-order valence-corrected chi connectivity index (χ3v) is 6.54. The summed E-state index contributed by atoms with van der Waals surface area (Å²) < 4.78 is 14.1. The molecule has 27 heavy (non-hydrogen) atoms. The number of piperidine rings is 1. The van der Waals surface area contributed by atoms with Crippen LogP contribution in [0.15, 0.2) is 12.1 Å². The highest BCUT2D eigenvalue weighted by Gasteiger charge is 2.44. The number of hydrogen-bond acceptors (Lipinski definition) is 4. The first-order valence-corrected chi connectivity index (χ1v) is 9.97. The zero-order chi connectivity index (χ0) is 19.1. The highest BCUT2D eigenvalue weighted by atomic mass is 19.1. The van der Waals surface area contributed by atoms with E-state index in [0.717, 1.165) is 37.1 Å². The number of anilines is 1. The van der Waals surface area contributed by atoms with Gasteiger partial charge in [-0.3, -0.25) is 4.79 Å². The van der Waals surface area contributed by atoms with Crippen molar-refractivity contribution in [3.8, 4) is 6.07 Å². The molecule has 1 saturated heterocycles. The number of nitrogens with one attached hydrogen (secondary N) is 3. The summed E-state index contributed by atoms with van der Waals surface area (Å²) >= 11 is 0. The molecule has 1 aliphatic carbocycles. The standard InChI is InChI=1S/C21H27FN4O/c1-11-3-6-16(22)15-9-17(25-18(11)15)21(27)26-20(13-4-5-13)19-12(2)14(10-23)7-8-24-19/h3,6,12-14,17,19-20,24-25H,4-5,7-9H2,1-2H3,(H,26,27). The zero-order valence-electron chi connectivity index (χ0n) is 15.9. The van der Waals surface area contributed by atoms with Crippen LogP contribution >= 0.6 is 0 Å². The first kappa shape index (κ1) is 18.2. The number of nitrogens with zero attached hydrogens (tertiary/aromatic N) is 1. The molecule has 3 aliphatic rings. The number of fused-ring (bicyclic) bond motifs is 1. The highest BCUT2D eigenvalue weighted by Crippen LogP contribution is 2.38. The molecule has 2 fully saturated rings. The molecule has 0 spiro atoms. The van der Waals surface area contributed by atoms with Crippen LogP contribution in [0.25, 0.3) is 0 Å². The summed E-state index contributed by atoms with van der Waals surface area (Å²) in [6.07, 6.45) is 3.45. The van der Waals surface area contributed by atoms with E-state index in [1.807, 2.05) is 6.92 Å².